The second-order valence-corrected chi connectivity index (χ2v) is 4.43. The molecule has 1 aromatic heterocycles. The monoisotopic (exact) mass is 252 g/mol. The van der Waals surface area contributed by atoms with Crippen LogP contribution in [0.25, 0.3) is 6.08 Å². The summed E-state index contributed by atoms with van der Waals surface area (Å²) in [7, 11) is 3.99. The van der Waals surface area contributed by atoms with Gasteiger partial charge in [0.1, 0.15) is 0 Å². The van der Waals surface area contributed by atoms with Crippen molar-refractivity contribution in [2.75, 3.05) is 19.0 Å². The Morgan fingerprint density at radius 2 is 1.89 bits per heavy atom. The minimum atomic E-state index is -0.0372. The van der Waals surface area contributed by atoms with Gasteiger partial charge in [0.25, 0.3) is 0 Å². The molecule has 2 aromatic rings. The number of hydrogen-bond acceptors (Lipinski definition) is 3. The van der Waals surface area contributed by atoms with Gasteiger partial charge in [0, 0.05) is 37.7 Å². The molecule has 0 aliphatic rings. The molecule has 1 aromatic carbocycles. The molecule has 0 spiro atoms. The van der Waals surface area contributed by atoms with E-state index < -0.39 is 0 Å². The van der Waals surface area contributed by atoms with Gasteiger partial charge in [0.05, 0.1) is 0 Å². The molecule has 0 atom stereocenters. The summed E-state index contributed by atoms with van der Waals surface area (Å²) in [5.41, 5.74) is 2.74. The Hall–Kier alpha value is -2.42. The van der Waals surface area contributed by atoms with Crippen molar-refractivity contribution in [2.45, 2.75) is 0 Å². The zero-order valence-corrected chi connectivity index (χ0v) is 11.1. The molecule has 1 heterocycles. The van der Waals surface area contributed by atoms with Gasteiger partial charge in [0.2, 0.25) is 0 Å². The molecule has 19 heavy (non-hydrogen) atoms. The summed E-state index contributed by atoms with van der Waals surface area (Å²) < 4.78 is 0. The van der Waals surface area contributed by atoms with Crippen molar-refractivity contribution in [3.63, 3.8) is 0 Å². The van der Waals surface area contributed by atoms with Crippen LogP contribution < -0.4 is 4.90 Å². The van der Waals surface area contributed by atoms with E-state index in [4.69, 9.17) is 0 Å². The lowest BCUT2D eigenvalue weighted by Gasteiger charge is -2.11. The third-order valence-corrected chi connectivity index (χ3v) is 2.78. The molecule has 3 heteroatoms. The maximum Gasteiger partial charge on any atom is 0.187 e. The Morgan fingerprint density at radius 3 is 2.47 bits per heavy atom. The summed E-state index contributed by atoms with van der Waals surface area (Å²) in [6, 6.07) is 11.5. The average Bonchev–Trinajstić information content (AvgIpc) is 2.46. The van der Waals surface area contributed by atoms with E-state index in [-0.39, 0.29) is 5.78 Å². The van der Waals surface area contributed by atoms with Crippen molar-refractivity contribution in [3.8, 4) is 0 Å². The predicted octanol–water partition coefficient (Wildman–Crippen LogP) is 3.04. The Labute approximate surface area is 113 Å². The number of anilines is 1. The number of carbonyl (C=O) groups excluding carboxylic acids is 1. The van der Waals surface area contributed by atoms with E-state index in [1.807, 2.05) is 49.3 Å². The quantitative estimate of drug-likeness (QED) is 0.619. The number of allylic oxidation sites excluding steroid dienone is 1. The van der Waals surface area contributed by atoms with E-state index in [0.29, 0.717) is 5.56 Å². The molecule has 0 fully saturated rings. The molecule has 0 amide bonds. The summed E-state index contributed by atoms with van der Waals surface area (Å²) in [4.78, 5) is 17.8. The lowest BCUT2D eigenvalue weighted by atomic mass is 10.1. The molecular weight excluding hydrogens is 236 g/mol. The maximum atomic E-state index is 11.9. The first-order valence-corrected chi connectivity index (χ1v) is 6.06. The fraction of sp³-hybridized carbons (Fsp3) is 0.125. The molecule has 0 saturated heterocycles. The second kappa shape index (κ2) is 5.96. The number of pyridine rings is 1. The number of aromatic nitrogens is 1. The number of benzene rings is 1. The van der Waals surface area contributed by atoms with Gasteiger partial charge in [-0.1, -0.05) is 18.2 Å². The van der Waals surface area contributed by atoms with Crippen LogP contribution in [-0.4, -0.2) is 24.9 Å². The lowest BCUT2D eigenvalue weighted by molar-refractivity contribution is 0.104. The van der Waals surface area contributed by atoms with Crippen LogP contribution in [0.15, 0.2) is 54.9 Å². The maximum absolute atomic E-state index is 11.9. The van der Waals surface area contributed by atoms with Gasteiger partial charge in [-0.15, -0.1) is 0 Å². The molecule has 0 aliphatic heterocycles. The highest BCUT2D eigenvalue weighted by molar-refractivity contribution is 6.06. The standard InChI is InChI=1S/C16H16N2O/c1-18(2)15-8-5-13(6-9-15)7-10-16(19)14-4-3-11-17-12-14/h3-12H,1-2H3/b10-7+. The molecule has 0 unspecified atom stereocenters. The van der Waals surface area contributed by atoms with Crippen LogP contribution in [0.5, 0.6) is 0 Å². The van der Waals surface area contributed by atoms with Crippen LogP contribution in [0.4, 0.5) is 5.69 Å². The molecular formula is C16H16N2O. The third kappa shape index (κ3) is 3.52. The van der Waals surface area contributed by atoms with Crippen LogP contribution >= 0.6 is 0 Å². The number of carbonyl (C=O) groups is 1. The number of hydrogen-bond donors (Lipinski definition) is 0. The first-order chi connectivity index (χ1) is 9.16. The SMILES string of the molecule is CN(C)c1ccc(/C=C/C(=O)c2cccnc2)cc1. The highest BCUT2D eigenvalue weighted by Gasteiger charge is 2.00. The molecule has 0 N–H and O–H groups in total. The van der Waals surface area contributed by atoms with Gasteiger partial charge in [-0.3, -0.25) is 9.78 Å². The Bertz CT molecular complexity index is 571. The van der Waals surface area contributed by atoms with E-state index in [1.165, 1.54) is 0 Å². The van der Waals surface area contributed by atoms with E-state index in [1.54, 1.807) is 30.6 Å². The highest BCUT2D eigenvalue weighted by Crippen LogP contribution is 2.13. The number of nitrogens with zero attached hydrogens (tertiary/aromatic N) is 2. The minimum Gasteiger partial charge on any atom is -0.378 e. The van der Waals surface area contributed by atoms with E-state index in [0.717, 1.165) is 11.3 Å². The van der Waals surface area contributed by atoms with Crippen LogP contribution in [-0.2, 0) is 0 Å². The summed E-state index contributed by atoms with van der Waals surface area (Å²) in [5, 5.41) is 0. The van der Waals surface area contributed by atoms with Crippen molar-refractivity contribution in [1.29, 1.82) is 0 Å². The van der Waals surface area contributed by atoms with Crippen molar-refractivity contribution in [2.24, 2.45) is 0 Å². The lowest BCUT2D eigenvalue weighted by Crippen LogP contribution is -2.07. The molecule has 96 valence electrons. The third-order valence-electron chi connectivity index (χ3n) is 2.78. The molecule has 0 bridgehead atoms. The fourth-order valence-corrected chi connectivity index (χ4v) is 1.66. The molecule has 0 aliphatic carbocycles. The second-order valence-electron chi connectivity index (χ2n) is 4.43. The van der Waals surface area contributed by atoms with Gasteiger partial charge in [-0.05, 0) is 35.9 Å². The summed E-state index contributed by atoms with van der Waals surface area (Å²) in [5.74, 6) is -0.0372. The Kier molecular flexibility index (Phi) is 4.08. The Morgan fingerprint density at radius 1 is 1.16 bits per heavy atom. The van der Waals surface area contributed by atoms with Crippen molar-refractivity contribution < 1.29 is 4.79 Å². The average molecular weight is 252 g/mol. The van der Waals surface area contributed by atoms with Gasteiger partial charge in [-0.2, -0.15) is 0 Å². The summed E-state index contributed by atoms with van der Waals surface area (Å²) in [6.07, 6.45) is 6.61. The highest BCUT2D eigenvalue weighted by atomic mass is 16.1. The van der Waals surface area contributed by atoms with Gasteiger partial charge in [0.15, 0.2) is 5.78 Å². The number of ketones is 1. The topological polar surface area (TPSA) is 33.2 Å². The zero-order valence-electron chi connectivity index (χ0n) is 11.1. The van der Waals surface area contributed by atoms with Crippen LogP contribution in [0.3, 0.4) is 0 Å². The van der Waals surface area contributed by atoms with Gasteiger partial charge >= 0.3 is 0 Å². The van der Waals surface area contributed by atoms with Crippen LogP contribution in [0.2, 0.25) is 0 Å². The predicted molar refractivity (Wildman–Crippen MR) is 78.4 cm³/mol. The van der Waals surface area contributed by atoms with Crippen LogP contribution in [0, 0.1) is 0 Å². The molecule has 3 nitrogen and oxygen atoms in total. The zero-order chi connectivity index (χ0) is 13.7. The van der Waals surface area contributed by atoms with Gasteiger partial charge < -0.3 is 4.90 Å². The van der Waals surface area contributed by atoms with E-state index >= 15 is 0 Å². The van der Waals surface area contributed by atoms with Crippen molar-refractivity contribution >= 4 is 17.5 Å². The minimum absolute atomic E-state index is 0.0372. The summed E-state index contributed by atoms with van der Waals surface area (Å²) >= 11 is 0. The van der Waals surface area contributed by atoms with Crippen molar-refractivity contribution in [3.05, 3.63) is 66.0 Å². The number of rotatable bonds is 4. The van der Waals surface area contributed by atoms with Gasteiger partial charge in [-0.25, -0.2) is 0 Å². The summed E-state index contributed by atoms with van der Waals surface area (Å²) in [6.45, 7) is 0. The first kappa shape index (κ1) is 13.0. The Balaban J connectivity index is 2.08. The normalized spacial score (nSPS) is 10.6. The van der Waals surface area contributed by atoms with E-state index in [9.17, 15) is 4.79 Å². The molecule has 2 rings (SSSR count). The molecule has 0 saturated carbocycles. The largest absolute Gasteiger partial charge is 0.378 e. The fourth-order valence-electron chi connectivity index (χ4n) is 1.66. The molecule has 0 radical (unpaired) electrons. The smallest absolute Gasteiger partial charge is 0.187 e. The van der Waals surface area contributed by atoms with Crippen LogP contribution in [0.1, 0.15) is 15.9 Å². The van der Waals surface area contributed by atoms with Crippen molar-refractivity contribution in [1.82, 2.24) is 4.98 Å². The van der Waals surface area contributed by atoms with E-state index in [2.05, 4.69) is 4.98 Å². The first-order valence-electron chi connectivity index (χ1n) is 6.06.